The summed E-state index contributed by atoms with van der Waals surface area (Å²) >= 11 is 12.2. The number of aryl methyl sites for hydroxylation is 2. The fourth-order valence-corrected chi connectivity index (χ4v) is 17.2. The van der Waals surface area contributed by atoms with Crippen molar-refractivity contribution in [2.75, 3.05) is 80.4 Å². The number of nitrogen functional groups attached to an aromatic ring is 6. The van der Waals surface area contributed by atoms with Gasteiger partial charge in [0.15, 0.2) is 23.1 Å². The minimum absolute atomic E-state index is 0.00611. The summed E-state index contributed by atoms with van der Waals surface area (Å²) in [5.74, 6) is -0.154. The largest absolute Gasteiger partial charge is 0.508 e. The first kappa shape index (κ1) is 104. The molecule has 11 aromatic carbocycles. The zero-order valence-electron chi connectivity index (χ0n) is 83.8. The number of carbonyl (C=O) groups excluding carboxylic acids is 4. The normalized spacial score (nSPS) is 14.7. The number of aromatic hydroxyl groups is 2. The molecule has 0 heterocycles. The van der Waals surface area contributed by atoms with Crippen LogP contribution in [-0.4, -0.2) is 88.5 Å². The van der Waals surface area contributed by atoms with Crippen LogP contribution in [0.25, 0.3) is 0 Å². The Hall–Kier alpha value is -15.5. The van der Waals surface area contributed by atoms with Gasteiger partial charge in [-0.1, -0.05) is 89.9 Å². The minimum atomic E-state index is -0.213. The second-order valence-corrected chi connectivity index (χ2v) is 37.0. The van der Waals surface area contributed by atoms with Crippen molar-refractivity contribution in [2.45, 2.75) is 162 Å². The fourth-order valence-electron chi connectivity index (χ4n) is 16.7. The van der Waals surface area contributed by atoms with Gasteiger partial charge < -0.3 is 75.1 Å². The number of aliphatic imine (C=N–C) groups is 4. The number of anilines is 11. The number of nitrogens with zero attached hydrogens (tertiary/aromatic N) is 6. The molecule has 4 aliphatic rings. The number of methoxy groups -OCH3 is 1. The van der Waals surface area contributed by atoms with Crippen molar-refractivity contribution in [1.82, 2.24) is 0 Å². The molecule has 0 spiro atoms. The maximum Gasteiger partial charge on any atom is 0.226 e. The first-order chi connectivity index (χ1) is 67.1. The van der Waals surface area contributed by atoms with E-state index >= 15 is 0 Å². The number of allylic oxidation sites excluding steroid dienone is 12. The zero-order chi connectivity index (χ0) is 102. The summed E-state index contributed by atoms with van der Waals surface area (Å²) in [4.78, 5) is 75.8. The molecule has 0 aliphatic heterocycles. The Morgan fingerprint density at radius 1 is 0.383 bits per heavy atom. The number of phenols is 2. The van der Waals surface area contributed by atoms with Gasteiger partial charge in [-0.2, -0.15) is 0 Å². The van der Waals surface area contributed by atoms with Gasteiger partial charge in [0.05, 0.1) is 74.8 Å². The molecule has 0 saturated carbocycles. The van der Waals surface area contributed by atoms with E-state index in [0.29, 0.717) is 111 Å². The summed E-state index contributed by atoms with van der Waals surface area (Å²) in [5.41, 5.74) is 71.5. The van der Waals surface area contributed by atoms with Gasteiger partial charge in [0, 0.05) is 159 Å². The molecule has 0 unspecified atom stereocenters. The number of nitrogens with one attached hydrogen (secondary N) is 3. The summed E-state index contributed by atoms with van der Waals surface area (Å²) < 4.78 is 5.75. The van der Waals surface area contributed by atoms with Crippen LogP contribution in [0.1, 0.15) is 136 Å². The molecule has 141 heavy (non-hydrogen) atoms. The number of hydrogen-bond donors (Lipinski definition) is 11. The van der Waals surface area contributed by atoms with Crippen molar-refractivity contribution in [3.8, 4) is 11.5 Å². The summed E-state index contributed by atoms with van der Waals surface area (Å²) in [6.45, 7) is 39.2. The Kier molecular flexibility index (Phi) is 34.3. The van der Waals surface area contributed by atoms with E-state index < -0.39 is 0 Å². The van der Waals surface area contributed by atoms with Crippen LogP contribution < -0.4 is 60.2 Å². The number of rotatable bonds is 25. The van der Waals surface area contributed by atoms with Crippen molar-refractivity contribution in [3.05, 3.63) is 381 Å². The number of hydrogen-bond acceptors (Lipinski definition) is 22. The first-order valence-corrected chi connectivity index (χ1v) is 47.8. The lowest BCUT2D eigenvalue weighted by Gasteiger charge is -2.27. The predicted octanol–water partition coefficient (Wildman–Crippen LogP) is 24.8. The minimum Gasteiger partial charge on any atom is -0.508 e. The molecule has 0 amide bonds. The molecular weight excluding hydrogens is 1800 g/mol. The average molecular weight is 1930 g/mol. The molecule has 0 fully saturated rings. The van der Waals surface area contributed by atoms with Crippen LogP contribution in [-0.2, 0) is 49.6 Å². The van der Waals surface area contributed by atoms with E-state index in [4.69, 9.17) is 77.3 Å². The number of benzene rings is 11. The smallest absolute Gasteiger partial charge is 0.226 e. The Bertz CT molecular complexity index is 7120. The number of phenolic OH excluding ortho intramolecular Hbond substituents is 2. The fraction of sp³-hybridized carbons (Fsp3) is 0.231. The SMILES string of the molecule is CCN(c1ccc(CC2=CC(=Nc3ccc(N(CC)C(C)C)cc3)C(Nc3ccccc3C)=CC2=O)cc1)C(C)C.COC1=C(Nc2ccc(N)c(C)c2C)C(=Nc2ccc(N)c(C)c2C)C=C(Cc2ccc(N)c(C)c2C)C1=O.Cc1ccccc1NC1=CC(=O)C(Cc2ccc(N)c(C)c2C)=CC1=Nc1ccc(N)c(C)c1C.Nc1cc(O)c(Cc2ccc(O)cc2Cl)cc1N=C1C=CC(=O)C=C1Cl. The van der Waals surface area contributed by atoms with Crippen LogP contribution in [0.5, 0.6) is 11.5 Å². The van der Waals surface area contributed by atoms with Crippen molar-refractivity contribution in [3.63, 3.8) is 0 Å². The van der Waals surface area contributed by atoms with E-state index in [1.807, 2.05) is 198 Å². The molecule has 24 heteroatoms. The van der Waals surface area contributed by atoms with Crippen LogP contribution in [0, 0.1) is 83.1 Å². The van der Waals surface area contributed by atoms with E-state index in [1.54, 1.807) is 24.3 Å². The first-order valence-electron chi connectivity index (χ1n) is 47.0. The molecule has 0 bridgehead atoms. The maximum atomic E-state index is 13.8. The third-order valence-corrected chi connectivity index (χ3v) is 27.0. The lowest BCUT2D eigenvalue weighted by Crippen LogP contribution is -2.30. The Balaban J connectivity index is 0.000000170. The molecule has 22 nitrogen and oxygen atoms in total. The Morgan fingerprint density at radius 3 is 1.31 bits per heavy atom. The van der Waals surface area contributed by atoms with Crippen molar-refractivity contribution >= 4 is 154 Å². The molecule has 0 saturated heterocycles. The van der Waals surface area contributed by atoms with E-state index in [2.05, 4.69) is 134 Å². The van der Waals surface area contributed by atoms with E-state index in [-0.39, 0.29) is 51.1 Å². The van der Waals surface area contributed by atoms with Crippen LogP contribution >= 0.6 is 23.2 Å². The molecule has 17 N–H and O–H groups in total. The standard InChI is InChI=1S/C36H44N4O.C32H37N5O2.C30H32N4O.C19H14Cl2N2O3/c1-8-39(25(3)4)31-18-14-28(15-19-31)22-29-23-34(35(24-36(29)41)38-33-13-11-10-12-27(33)7)37-30-16-20-32(21-17-30)40(9-2)26(5)6;1-16-17(2)24(33)9-8-22(16)14-23-15-29(36-27-12-10-25(34)18(3)20(27)5)30(32(39-7)31(23)38)37-28-13-11-26(35)19(4)21(28)6;1-17-8-6-7-9-26(17)33-29-16-30(35)23(14-22-10-11-24(31)19(3)18(22)2)15-28(29)34-27-13-12-25(32)20(4)21(27)5;20-14-7-12(24)2-1-10(14)5-11-6-18(16(22)9-19(11)26)23-17-4-3-13(25)8-15(17)21/h10-21,23-26,38H,8-9,22H2,1-7H3;8-13,15,37H,14,33-35H2,1-7H3;6-13,15-16,33H,14,31-32H2,1-5H3;1-4,6-9,24,26H,5,22H2. The number of halogens is 2. The topological polar surface area (TPSA) is 366 Å². The quantitative estimate of drug-likeness (QED) is 0.0187. The second-order valence-electron chi connectivity index (χ2n) is 36.2. The van der Waals surface area contributed by atoms with Crippen LogP contribution in [0.15, 0.2) is 301 Å². The Labute approximate surface area is 838 Å². The maximum absolute atomic E-state index is 13.8. The van der Waals surface area contributed by atoms with Crippen LogP contribution in [0.3, 0.4) is 0 Å². The lowest BCUT2D eigenvalue weighted by atomic mass is 9.90. The highest BCUT2D eigenvalue weighted by Gasteiger charge is 2.32. The average Bonchev–Trinajstić information content (AvgIpc) is 0.771. The monoisotopic (exact) mass is 1920 g/mol. The Morgan fingerprint density at radius 2 is 0.823 bits per heavy atom. The van der Waals surface area contributed by atoms with Crippen molar-refractivity contribution < 1.29 is 34.1 Å². The summed E-state index contributed by atoms with van der Waals surface area (Å²) in [7, 11) is 1.51. The summed E-state index contributed by atoms with van der Waals surface area (Å²) in [5, 5.41) is 30.6. The second kappa shape index (κ2) is 46.3. The molecule has 4 aliphatic carbocycles. The predicted molar refractivity (Wildman–Crippen MR) is 590 cm³/mol. The molecule has 726 valence electrons. The van der Waals surface area contributed by atoms with Gasteiger partial charge in [-0.3, -0.25) is 19.2 Å². The number of Topliss-reactive ketones (excluding diaryl/α,β-unsaturated/α-hetero) is 1. The van der Waals surface area contributed by atoms with Gasteiger partial charge in [0.1, 0.15) is 17.2 Å². The number of ketones is 4. The van der Waals surface area contributed by atoms with Gasteiger partial charge >= 0.3 is 0 Å². The van der Waals surface area contributed by atoms with Crippen molar-refractivity contribution in [1.29, 1.82) is 0 Å². The molecule has 0 aromatic heterocycles. The number of para-hydroxylation sites is 2. The van der Waals surface area contributed by atoms with E-state index in [0.717, 1.165) is 165 Å². The number of carbonyl (C=O) groups is 4. The highest BCUT2D eigenvalue weighted by molar-refractivity contribution is 6.48. The number of ether oxygens (including phenoxy) is 1. The molecule has 11 aromatic rings. The van der Waals surface area contributed by atoms with Crippen LogP contribution in [0.4, 0.5) is 85.3 Å². The molecular formula is C117H127Cl2N15O7. The van der Waals surface area contributed by atoms with Gasteiger partial charge in [-0.15, -0.1) is 0 Å². The third-order valence-electron chi connectivity index (χ3n) is 26.3. The zero-order valence-corrected chi connectivity index (χ0v) is 85.3. The number of nitrogens with two attached hydrogens (primary N) is 6. The highest BCUT2D eigenvalue weighted by atomic mass is 35.5. The van der Waals surface area contributed by atoms with Crippen LogP contribution in [0.2, 0.25) is 5.02 Å². The van der Waals surface area contributed by atoms with Gasteiger partial charge in [0.2, 0.25) is 5.78 Å². The highest BCUT2D eigenvalue weighted by Crippen LogP contribution is 2.40. The summed E-state index contributed by atoms with van der Waals surface area (Å²) in [6, 6.07) is 60.6. The lowest BCUT2D eigenvalue weighted by molar-refractivity contribution is -0.115. The van der Waals surface area contributed by atoms with Crippen molar-refractivity contribution in [2.24, 2.45) is 20.0 Å². The van der Waals surface area contributed by atoms with E-state index in [1.165, 1.54) is 54.9 Å². The van der Waals surface area contributed by atoms with Gasteiger partial charge in [-0.25, -0.2) is 20.0 Å². The third kappa shape index (κ3) is 25.3. The molecule has 0 radical (unpaired) electrons. The molecule has 0 atom stereocenters. The van der Waals surface area contributed by atoms with E-state index in [9.17, 15) is 29.4 Å². The molecule has 15 rings (SSSR count). The van der Waals surface area contributed by atoms with Gasteiger partial charge in [-0.05, 0) is 359 Å². The summed E-state index contributed by atoms with van der Waals surface area (Å²) in [6.07, 6.45) is 15.0. The van der Waals surface area contributed by atoms with Gasteiger partial charge in [0.25, 0.3) is 0 Å².